The quantitative estimate of drug-likeness (QED) is 0.921. The lowest BCUT2D eigenvalue weighted by molar-refractivity contribution is -0.137. The Balaban J connectivity index is 2.62. The second-order valence-corrected chi connectivity index (χ2v) is 5.61. The van der Waals surface area contributed by atoms with Crippen molar-refractivity contribution < 1.29 is 9.90 Å². The third-order valence-corrected chi connectivity index (χ3v) is 3.23. The molecular formula is C14H19N3O2. The Morgan fingerprint density at radius 1 is 1.37 bits per heavy atom. The highest BCUT2D eigenvalue weighted by atomic mass is 16.4. The molecule has 0 atom stereocenters. The van der Waals surface area contributed by atoms with Gasteiger partial charge in [0.15, 0.2) is 0 Å². The Morgan fingerprint density at radius 3 is 2.58 bits per heavy atom. The van der Waals surface area contributed by atoms with E-state index < -0.39 is 5.97 Å². The molecule has 19 heavy (non-hydrogen) atoms. The maximum Gasteiger partial charge on any atom is 0.323 e. The molecule has 102 valence electrons. The van der Waals surface area contributed by atoms with Crippen LogP contribution in [0, 0.1) is 0 Å². The van der Waals surface area contributed by atoms with Crippen molar-refractivity contribution in [2.24, 2.45) is 0 Å². The number of hydrogen-bond acceptors (Lipinski definition) is 3. The molecule has 1 aromatic heterocycles. The summed E-state index contributed by atoms with van der Waals surface area (Å²) in [6.07, 6.45) is 0. The van der Waals surface area contributed by atoms with Gasteiger partial charge in [0.25, 0.3) is 0 Å². The van der Waals surface area contributed by atoms with E-state index in [4.69, 9.17) is 5.11 Å². The number of carbonyl (C=O) groups is 1. The van der Waals surface area contributed by atoms with Crippen molar-refractivity contribution in [3.05, 3.63) is 24.3 Å². The zero-order valence-corrected chi connectivity index (χ0v) is 11.7. The number of rotatable bonds is 3. The van der Waals surface area contributed by atoms with Crippen LogP contribution in [0.3, 0.4) is 0 Å². The van der Waals surface area contributed by atoms with Gasteiger partial charge < -0.3 is 10.0 Å². The van der Waals surface area contributed by atoms with Crippen LogP contribution in [0.4, 0.5) is 5.95 Å². The lowest BCUT2D eigenvalue weighted by Crippen LogP contribution is -2.40. The van der Waals surface area contributed by atoms with Crippen LogP contribution in [-0.2, 0) is 11.3 Å². The first-order chi connectivity index (χ1) is 8.80. The van der Waals surface area contributed by atoms with Gasteiger partial charge >= 0.3 is 5.97 Å². The molecule has 1 aromatic carbocycles. The van der Waals surface area contributed by atoms with Gasteiger partial charge in [-0.1, -0.05) is 12.1 Å². The van der Waals surface area contributed by atoms with Crippen LogP contribution in [0.2, 0.25) is 0 Å². The Bertz CT molecular complexity index is 611. The number of aromatic nitrogens is 2. The number of hydrogen-bond donors (Lipinski definition) is 1. The Morgan fingerprint density at radius 2 is 2.00 bits per heavy atom. The molecule has 0 radical (unpaired) electrons. The predicted octanol–water partition coefficient (Wildman–Crippen LogP) is 2.36. The molecule has 5 nitrogen and oxygen atoms in total. The normalized spacial score (nSPS) is 11.8. The minimum Gasteiger partial charge on any atom is -0.480 e. The van der Waals surface area contributed by atoms with E-state index in [0.717, 1.165) is 11.0 Å². The first-order valence-corrected chi connectivity index (χ1v) is 6.21. The molecule has 0 aliphatic carbocycles. The molecule has 0 amide bonds. The smallest absolute Gasteiger partial charge is 0.323 e. The number of fused-ring (bicyclic) bond motifs is 1. The van der Waals surface area contributed by atoms with Crippen molar-refractivity contribution in [3.63, 3.8) is 0 Å². The summed E-state index contributed by atoms with van der Waals surface area (Å²) in [6, 6.07) is 7.59. The van der Waals surface area contributed by atoms with Crippen molar-refractivity contribution in [3.8, 4) is 0 Å². The number of aliphatic carboxylic acids is 1. The van der Waals surface area contributed by atoms with Gasteiger partial charge in [-0.2, -0.15) is 0 Å². The summed E-state index contributed by atoms with van der Waals surface area (Å²) >= 11 is 0. The fourth-order valence-electron chi connectivity index (χ4n) is 1.91. The van der Waals surface area contributed by atoms with Crippen molar-refractivity contribution in [2.45, 2.75) is 32.9 Å². The fourth-order valence-corrected chi connectivity index (χ4v) is 1.91. The van der Waals surface area contributed by atoms with E-state index >= 15 is 0 Å². The molecule has 1 heterocycles. The van der Waals surface area contributed by atoms with Gasteiger partial charge in [0.05, 0.1) is 11.0 Å². The molecule has 0 aliphatic heterocycles. The van der Waals surface area contributed by atoms with E-state index in [0.29, 0.717) is 5.95 Å². The average molecular weight is 261 g/mol. The van der Waals surface area contributed by atoms with Crippen LogP contribution in [0.1, 0.15) is 20.8 Å². The second-order valence-electron chi connectivity index (χ2n) is 5.61. The second kappa shape index (κ2) is 4.57. The highest BCUT2D eigenvalue weighted by Gasteiger charge is 2.24. The highest BCUT2D eigenvalue weighted by Crippen LogP contribution is 2.26. The van der Waals surface area contributed by atoms with Crippen LogP contribution < -0.4 is 4.90 Å². The van der Waals surface area contributed by atoms with Crippen LogP contribution in [0.25, 0.3) is 11.0 Å². The molecule has 0 aliphatic rings. The summed E-state index contributed by atoms with van der Waals surface area (Å²) < 4.78 is 1.74. The van der Waals surface area contributed by atoms with Crippen LogP contribution in [-0.4, -0.2) is 33.2 Å². The van der Waals surface area contributed by atoms with Crippen molar-refractivity contribution in [1.82, 2.24) is 9.55 Å². The minimum absolute atomic E-state index is 0.0870. The lowest BCUT2D eigenvalue weighted by Gasteiger charge is -2.33. The zero-order valence-electron chi connectivity index (χ0n) is 11.7. The fraction of sp³-hybridized carbons (Fsp3) is 0.429. The predicted molar refractivity (Wildman–Crippen MR) is 75.5 cm³/mol. The van der Waals surface area contributed by atoms with E-state index in [-0.39, 0.29) is 12.1 Å². The number of nitrogens with zero attached hydrogens (tertiary/aromatic N) is 3. The minimum atomic E-state index is -0.869. The van der Waals surface area contributed by atoms with E-state index in [1.165, 1.54) is 0 Å². The molecule has 2 rings (SSSR count). The van der Waals surface area contributed by atoms with Crippen LogP contribution in [0.15, 0.2) is 24.3 Å². The number of imidazole rings is 1. The molecule has 0 saturated heterocycles. The number of para-hydroxylation sites is 2. The molecule has 0 fully saturated rings. The first-order valence-electron chi connectivity index (χ1n) is 6.21. The van der Waals surface area contributed by atoms with Gasteiger partial charge in [-0.15, -0.1) is 0 Å². The van der Waals surface area contributed by atoms with Gasteiger partial charge in [-0.25, -0.2) is 4.98 Å². The molecule has 0 saturated carbocycles. The third-order valence-electron chi connectivity index (χ3n) is 3.23. The summed E-state index contributed by atoms with van der Waals surface area (Å²) in [5.74, 6) is -0.192. The maximum absolute atomic E-state index is 11.1. The van der Waals surface area contributed by atoms with E-state index in [1.807, 2.05) is 36.2 Å². The van der Waals surface area contributed by atoms with Crippen molar-refractivity contribution in [1.29, 1.82) is 0 Å². The van der Waals surface area contributed by atoms with Crippen LogP contribution in [0.5, 0.6) is 0 Å². The Labute approximate surface area is 112 Å². The standard InChI is InChI=1S/C14H19N3O2/c1-14(2,3)16(4)13-15-10-7-5-6-8-11(10)17(13)9-12(18)19/h5-8H,9H2,1-4H3,(H,18,19). The number of carboxylic acids is 1. The van der Waals surface area contributed by atoms with Crippen molar-refractivity contribution in [2.75, 3.05) is 11.9 Å². The first kappa shape index (κ1) is 13.4. The van der Waals surface area contributed by atoms with Gasteiger partial charge in [0.1, 0.15) is 6.54 Å². The maximum atomic E-state index is 11.1. The van der Waals surface area contributed by atoms with Crippen molar-refractivity contribution >= 4 is 23.0 Å². The topological polar surface area (TPSA) is 58.4 Å². The molecule has 0 unspecified atom stereocenters. The largest absolute Gasteiger partial charge is 0.480 e. The molecule has 5 heteroatoms. The third kappa shape index (κ3) is 2.54. The zero-order chi connectivity index (χ0) is 14.2. The van der Waals surface area contributed by atoms with E-state index in [1.54, 1.807) is 4.57 Å². The number of benzene rings is 1. The molecule has 0 spiro atoms. The summed E-state index contributed by atoms with van der Waals surface area (Å²) in [5.41, 5.74) is 1.53. The lowest BCUT2D eigenvalue weighted by atomic mass is 10.1. The Hall–Kier alpha value is -2.04. The molecule has 0 bridgehead atoms. The summed E-state index contributed by atoms with van der Waals surface area (Å²) in [5, 5.41) is 9.09. The van der Waals surface area contributed by atoms with E-state index in [9.17, 15) is 4.79 Å². The van der Waals surface area contributed by atoms with Gasteiger partial charge in [-0.05, 0) is 32.9 Å². The number of carboxylic acid groups (broad SMARTS) is 1. The SMILES string of the molecule is CN(c1nc2ccccc2n1CC(=O)O)C(C)(C)C. The van der Waals surface area contributed by atoms with Gasteiger partial charge in [-0.3, -0.25) is 9.36 Å². The summed E-state index contributed by atoms with van der Waals surface area (Å²) in [4.78, 5) is 17.6. The molecular weight excluding hydrogens is 242 g/mol. The molecule has 2 aromatic rings. The highest BCUT2D eigenvalue weighted by molar-refractivity contribution is 5.81. The summed E-state index contributed by atoms with van der Waals surface area (Å²) in [6.45, 7) is 6.11. The van der Waals surface area contributed by atoms with Crippen LogP contribution >= 0.6 is 0 Å². The van der Waals surface area contributed by atoms with Gasteiger partial charge in [0.2, 0.25) is 5.95 Å². The van der Waals surface area contributed by atoms with Gasteiger partial charge in [0, 0.05) is 12.6 Å². The van der Waals surface area contributed by atoms with E-state index in [2.05, 4.69) is 25.8 Å². The monoisotopic (exact) mass is 261 g/mol. The average Bonchev–Trinajstić information content (AvgIpc) is 2.65. The Kier molecular flexibility index (Phi) is 3.22. The summed E-state index contributed by atoms with van der Waals surface area (Å²) in [7, 11) is 1.93. The number of anilines is 1. The molecule has 1 N–H and O–H groups in total.